The molecule has 0 amide bonds. The van der Waals surface area contributed by atoms with Crippen LogP contribution in [0.1, 0.15) is 25.3 Å². The molecule has 1 aromatic carbocycles. The monoisotopic (exact) mass is 265 g/mol. The molecule has 1 N–H and O–H groups in total. The van der Waals surface area contributed by atoms with Crippen molar-refractivity contribution in [2.75, 3.05) is 20.8 Å². The molecule has 19 heavy (non-hydrogen) atoms. The highest BCUT2D eigenvalue weighted by Crippen LogP contribution is 2.29. The Hall–Kier alpha value is -1.26. The van der Waals surface area contributed by atoms with E-state index in [-0.39, 0.29) is 6.10 Å². The van der Waals surface area contributed by atoms with E-state index in [1.807, 2.05) is 19.1 Å². The summed E-state index contributed by atoms with van der Waals surface area (Å²) in [4.78, 5) is 0. The molecule has 1 saturated carbocycles. The first kappa shape index (κ1) is 14.2. The van der Waals surface area contributed by atoms with E-state index in [1.54, 1.807) is 14.2 Å². The lowest BCUT2D eigenvalue weighted by molar-refractivity contribution is 0.0899. The minimum Gasteiger partial charge on any atom is -0.493 e. The molecule has 0 saturated heterocycles. The number of nitrogens with one attached hydrogen (secondary N) is 1. The molecule has 0 heterocycles. The minimum atomic E-state index is 0.00513. The van der Waals surface area contributed by atoms with Crippen molar-refractivity contribution in [3.8, 4) is 11.5 Å². The van der Waals surface area contributed by atoms with Gasteiger partial charge in [-0.05, 0) is 37.5 Å². The Morgan fingerprint density at radius 1 is 1.26 bits per heavy atom. The molecule has 0 aliphatic heterocycles. The number of hydrogen-bond acceptors (Lipinski definition) is 4. The Labute approximate surface area is 115 Å². The summed E-state index contributed by atoms with van der Waals surface area (Å²) in [6.07, 6.45) is 2.60. The summed E-state index contributed by atoms with van der Waals surface area (Å²) in [5.41, 5.74) is 1.22. The summed E-state index contributed by atoms with van der Waals surface area (Å²) in [7, 11) is 3.33. The molecular weight excluding hydrogens is 242 g/mol. The van der Waals surface area contributed by atoms with E-state index in [0.29, 0.717) is 12.6 Å². The van der Waals surface area contributed by atoms with Crippen LogP contribution in [0.15, 0.2) is 18.2 Å². The smallest absolute Gasteiger partial charge is 0.162 e. The van der Waals surface area contributed by atoms with Crippen LogP contribution in [0.3, 0.4) is 0 Å². The fraction of sp³-hybridized carbons (Fsp3) is 0.600. The maximum Gasteiger partial charge on any atom is 0.162 e. The van der Waals surface area contributed by atoms with Gasteiger partial charge in [0.25, 0.3) is 0 Å². The van der Waals surface area contributed by atoms with Gasteiger partial charge in [-0.1, -0.05) is 6.07 Å². The molecule has 0 radical (unpaired) electrons. The molecule has 4 heteroatoms. The number of benzene rings is 1. The average Bonchev–Trinajstić information content (AvgIpc) is 3.21. The van der Waals surface area contributed by atoms with Gasteiger partial charge < -0.3 is 19.5 Å². The summed E-state index contributed by atoms with van der Waals surface area (Å²) in [6.45, 7) is 3.43. The molecule has 106 valence electrons. The third-order valence-corrected chi connectivity index (χ3v) is 3.13. The van der Waals surface area contributed by atoms with Crippen LogP contribution in [0.4, 0.5) is 0 Å². The summed E-state index contributed by atoms with van der Waals surface area (Å²) in [5, 5.41) is 3.49. The molecular formula is C15H23NO3. The third kappa shape index (κ3) is 4.40. The molecule has 2 rings (SSSR count). The fourth-order valence-electron chi connectivity index (χ4n) is 1.96. The van der Waals surface area contributed by atoms with Crippen molar-refractivity contribution in [3.63, 3.8) is 0 Å². The molecule has 4 nitrogen and oxygen atoms in total. The molecule has 1 aliphatic carbocycles. The van der Waals surface area contributed by atoms with E-state index in [0.717, 1.165) is 18.0 Å². The van der Waals surface area contributed by atoms with Gasteiger partial charge in [0.2, 0.25) is 0 Å². The van der Waals surface area contributed by atoms with Crippen LogP contribution in [0.5, 0.6) is 11.5 Å². The van der Waals surface area contributed by atoms with Gasteiger partial charge in [-0.3, -0.25) is 0 Å². The molecule has 1 aliphatic rings. The number of methoxy groups -OCH3 is 2. The van der Waals surface area contributed by atoms with Gasteiger partial charge in [0.15, 0.2) is 11.5 Å². The predicted molar refractivity (Wildman–Crippen MR) is 74.8 cm³/mol. The third-order valence-electron chi connectivity index (χ3n) is 3.13. The number of hydrogen-bond donors (Lipinski definition) is 1. The predicted octanol–water partition coefficient (Wildman–Crippen LogP) is 2.36. The van der Waals surface area contributed by atoms with Crippen molar-refractivity contribution in [2.45, 2.75) is 38.5 Å². The van der Waals surface area contributed by atoms with E-state index in [2.05, 4.69) is 11.4 Å². The van der Waals surface area contributed by atoms with Gasteiger partial charge >= 0.3 is 0 Å². The zero-order valence-electron chi connectivity index (χ0n) is 11.9. The highest BCUT2D eigenvalue weighted by molar-refractivity contribution is 5.43. The summed E-state index contributed by atoms with van der Waals surface area (Å²) >= 11 is 0. The Balaban J connectivity index is 2.01. The topological polar surface area (TPSA) is 39.7 Å². The highest BCUT2D eigenvalue weighted by atomic mass is 16.5. The van der Waals surface area contributed by atoms with Gasteiger partial charge in [-0.25, -0.2) is 0 Å². The molecule has 1 fully saturated rings. The fourth-order valence-corrected chi connectivity index (χ4v) is 1.96. The van der Waals surface area contributed by atoms with E-state index in [9.17, 15) is 0 Å². The van der Waals surface area contributed by atoms with Crippen LogP contribution >= 0.6 is 0 Å². The lowest BCUT2D eigenvalue weighted by Gasteiger charge is -2.17. The van der Waals surface area contributed by atoms with Crippen LogP contribution in [-0.2, 0) is 11.3 Å². The van der Waals surface area contributed by atoms with Crippen molar-refractivity contribution >= 4 is 0 Å². The molecule has 0 aromatic heterocycles. The highest BCUT2D eigenvalue weighted by Gasteiger charge is 2.20. The standard InChI is InChI=1S/C15H23NO3/c1-11(10-17-2)19-15-8-12(4-7-14(15)18-3)9-16-13-5-6-13/h4,7-8,11,13,16H,5-6,9-10H2,1-3H3. The normalized spacial score (nSPS) is 16.2. The van der Waals surface area contributed by atoms with Crippen LogP contribution < -0.4 is 14.8 Å². The maximum absolute atomic E-state index is 5.86. The molecule has 0 bridgehead atoms. The second-order valence-corrected chi connectivity index (χ2v) is 5.02. The van der Waals surface area contributed by atoms with Gasteiger partial charge in [0, 0.05) is 19.7 Å². The van der Waals surface area contributed by atoms with Crippen molar-refractivity contribution in [3.05, 3.63) is 23.8 Å². The molecule has 0 spiro atoms. The van der Waals surface area contributed by atoms with E-state index < -0.39 is 0 Å². The second kappa shape index (κ2) is 6.78. The first-order valence-corrected chi connectivity index (χ1v) is 6.79. The Bertz CT molecular complexity index is 404. The van der Waals surface area contributed by atoms with Crippen LogP contribution in [0.2, 0.25) is 0 Å². The first-order valence-electron chi connectivity index (χ1n) is 6.79. The molecule has 1 unspecified atom stereocenters. The van der Waals surface area contributed by atoms with Crippen molar-refractivity contribution in [2.24, 2.45) is 0 Å². The second-order valence-electron chi connectivity index (χ2n) is 5.02. The SMILES string of the molecule is COCC(C)Oc1cc(CNC2CC2)ccc1OC. The summed E-state index contributed by atoms with van der Waals surface area (Å²) < 4.78 is 16.3. The number of ether oxygens (including phenoxy) is 3. The summed E-state index contributed by atoms with van der Waals surface area (Å²) in [5.74, 6) is 1.54. The maximum atomic E-state index is 5.86. The zero-order valence-corrected chi connectivity index (χ0v) is 11.9. The van der Waals surface area contributed by atoms with Gasteiger partial charge in [0.1, 0.15) is 6.10 Å². The van der Waals surface area contributed by atoms with Crippen LogP contribution in [0.25, 0.3) is 0 Å². The van der Waals surface area contributed by atoms with Crippen molar-refractivity contribution in [1.29, 1.82) is 0 Å². The van der Waals surface area contributed by atoms with Crippen LogP contribution in [0, 0.1) is 0 Å². The number of rotatable bonds is 8. The lowest BCUT2D eigenvalue weighted by atomic mass is 10.2. The van der Waals surface area contributed by atoms with Crippen molar-refractivity contribution in [1.82, 2.24) is 5.32 Å². The molecule has 1 atom stereocenters. The van der Waals surface area contributed by atoms with Crippen molar-refractivity contribution < 1.29 is 14.2 Å². The summed E-state index contributed by atoms with van der Waals surface area (Å²) in [6, 6.07) is 6.78. The Kier molecular flexibility index (Phi) is 5.05. The van der Waals surface area contributed by atoms with E-state index in [4.69, 9.17) is 14.2 Å². The van der Waals surface area contributed by atoms with E-state index in [1.165, 1.54) is 18.4 Å². The quantitative estimate of drug-likeness (QED) is 0.783. The Morgan fingerprint density at radius 2 is 2.05 bits per heavy atom. The van der Waals surface area contributed by atoms with E-state index >= 15 is 0 Å². The minimum absolute atomic E-state index is 0.00513. The van der Waals surface area contributed by atoms with Gasteiger partial charge in [-0.15, -0.1) is 0 Å². The largest absolute Gasteiger partial charge is 0.493 e. The average molecular weight is 265 g/mol. The first-order chi connectivity index (χ1) is 9.22. The lowest BCUT2D eigenvalue weighted by Crippen LogP contribution is -2.19. The molecule has 1 aromatic rings. The Morgan fingerprint density at radius 3 is 2.68 bits per heavy atom. The van der Waals surface area contributed by atoms with Gasteiger partial charge in [-0.2, -0.15) is 0 Å². The van der Waals surface area contributed by atoms with Gasteiger partial charge in [0.05, 0.1) is 13.7 Å². The van der Waals surface area contributed by atoms with Crippen LogP contribution in [-0.4, -0.2) is 33.0 Å². The zero-order chi connectivity index (χ0) is 13.7.